The number of nitrogens with one attached hydrogen (secondary N) is 1. The Hall–Kier alpha value is -3.46. The van der Waals surface area contributed by atoms with E-state index in [1.54, 1.807) is 31.2 Å². The Bertz CT molecular complexity index is 1040. The first-order valence-corrected chi connectivity index (χ1v) is 10.2. The van der Waals surface area contributed by atoms with Crippen LogP contribution in [0.15, 0.2) is 59.6 Å². The quantitative estimate of drug-likeness (QED) is 0.434. The highest BCUT2D eigenvalue weighted by molar-refractivity contribution is 7.98. The van der Waals surface area contributed by atoms with E-state index in [1.165, 1.54) is 18.9 Å². The Kier molecular flexibility index (Phi) is 6.97. The van der Waals surface area contributed by atoms with Crippen LogP contribution in [0.25, 0.3) is 0 Å². The zero-order valence-electron chi connectivity index (χ0n) is 16.6. The topological polar surface area (TPSA) is 108 Å². The van der Waals surface area contributed by atoms with Crippen LogP contribution in [-0.4, -0.2) is 35.5 Å². The molecule has 0 saturated heterocycles. The number of amides is 1. The molecule has 8 nitrogen and oxygen atoms in total. The summed E-state index contributed by atoms with van der Waals surface area (Å²) >= 11 is 1.30. The van der Waals surface area contributed by atoms with Gasteiger partial charge in [0.15, 0.2) is 0 Å². The van der Waals surface area contributed by atoms with Crippen LogP contribution in [0.5, 0.6) is 5.75 Å². The number of thioether (sulfide) groups is 1. The van der Waals surface area contributed by atoms with E-state index in [4.69, 9.17) is 15.2 Å². The van der Waals surface area contributed by atoms with Gasteiger partial charge in [-0.2, -0.15) is 9.78 Å². The molecule has 3 aromatic rings. The summed E-state index contributed by atoms with van der Waals surface area (Å²) in [6.45, 7) is 1.88. The third kappa shape index (κ3) is 4.74. The van der Waals surface area contributed by atoms with Crippen LogP contribution in [0, 0.1) is 0 Å². The molecule has 1 heterocycles. The fourth-order valence-corrected chi connectivity index (χ4v) is 3.67. The zero-order valence-corrected chi connectivity index (χ0v) is 17.4. The summed E-state index contributed by atoms with van der Waals surface area (Å²) in [5.41, 5.74) is 7.70. The molecule has 0 spiro atoms. The number of methoxy groups -OCH3 is 1. The first-order valence-electron chi connectivity index (χ1n) is 9.21. The smallest absolute Gasteiger partial charge is 0.348 e. The van der Waals surface area contributed by atoms with Gasteiger partial charge in [0.1, 0.15) is 22.2 Å². The number of para-hydroxylation sites is 2. The molecule has 156 valence electrons. The van der Waals surface area contributed by atoms with Gasteiger partial charge >= 0.3 is 12.0 Å². The number of carbonyl (C=O) groups excluding carboxylic acids is 2. The number of nitrogens with zero attached hydrogens (tertiary/aromatic N) is 2. The van der Waals surface area contributed by atoms with Crippen LogP contribution in [-0.2, 0) is 10.5 Å². The Morgan fingerprint density at radius 2 is 1.83 bits per heavy atom. The average Bonchev–Trinajstić information content (AvgIpc) is 3.10. The number of nitrogens with two attached hydrogens (primary N) is 1. The van der Waals surface area contributed by atoms with Crippen molar-refractivity contribution < 1.29 is 19.1 Å². The Morgan fingerprint density at radius 1 is 1.13 bits per heavy atom. The molecule has 2 aromatic carbocycles. The number of benzene rings is 2. The van der Waals surface area contributed by atoms with Crippen molar-refractivity contribution >= 4 is 35.3 Å². The van der Waals surface area contributed by atoms with Crippen molar-refractivity contribution in [3.63, 3.8) is 0 Å². The first kappa shape index (κ1) is 21.3. The summed E-state index contributed by atoms with van der Waals surface area (Å²) in [5.74, 6) is 0.330. The molecule has 0 saturated carbocycles. The van der Waals surface area contributed by atoms with Gasteiger partial charge in [-0.15, -0.1) is 0 Å². The van der Waals surface area contributed by atoms with Crippen LogP contribution in [0.1, 0.15) is 22.8 Å². The van der Waals surface area contributed by atoms with Crippen molar-refractivity contribution in [3.05, 3.63) is 65.7 Å². The fourth-order valence-electron chi connectivity index (χ4n) is 2.70. The van der Waals surface area contributed by atoms with Crippen LogP contribution in [0.3, 0.4) is 0 Å². The summed E-state index contributed by atoms with van der Waals surface area (Å²) in [5, 5.41) is 7.30. The van der Waals surface area contributed by atoms with E-state index in [9.17, 15) is 9.59 Å². The molecule has 3 N–H and O–H groups in total. The monoisotopic (exact) mass is 426 g/mol. The van der Waals surface area contributed by atoms with E-state index in [1.807, 2.05) is 30.3 Å². The molecule has 1 amide bonds. The lowest BCUT2D eigenvalue weighted by atomic mass is 10.2. The van der Waals surface area contributed by atoms with Gasteiger partial charge in [0.05, 0.1) is 19.4 Å². The van der Waals surface area contributed by atoms with Crippen LogP contribution in [0.2, 0.25) is 0 Å². The van der Waals surface area contributed by atoms with Crippen molar-refractivity contribution in [2.75, 3.05) is 24.8 Å². The van der Waals surface area contributed by atoms with Crippen LogP contribution >= 0.6 is 11.8 Å². The Balaban J connectivity index is 1.90. The lowest BCUT2D eigenvalue weighted by Gasteiger charge is -2.10. The molecule has 9 heteroatoms. The minimum atomic E-state index is -0.623. The Labute approximate surface area is 178 Å². The van der Waals surface area contributed by atoms with Gasteiger partial charge in [0.25, 0.3) is 0 Å². The molecule has 0 bridgehead atoms. The van der Waals surface area contributed by atoms with Gasteiger partial charge in [0.2, 0.25) is 0 Å². The first-order chi connectivity index (χ1) is 14.5. The van der Waals surface area contributed by atoms with Crippen molar-refractivity contribution in [2.45, 2.75) is 17.7 Å². The van der Waals surface area contributed by atoms with Crippen molar-refractivity contribution in [1.82, 2.24) is 9.78 Å². The number of ether oxygens (including phenoxy) is 2. The number of carbonyl (C=O) groups is 2. The predicted molar refractivity (Wildman–Crippen MR) is 116 cm³/mol. The molecule has 0 fully saturated rings. The normalized spacial score (nSPS) is 10.5. The average molecular weight is 426 g/mol. The van der Waals surface area contributed by atoms with E-state index in [0.717, 1.165) is 10.2 Å². The van der Waals surface area contributed by atoms with Gasteiger partial charge in [0, 0.05) is 5.75 Å². The largest absolute Gasteiger partial charge is 0.495 e. The van der Waals surface area contributed by atoms with Gasteiger partial charge in [-0.3, -0.25) is 0 Å². The molecule has 1 aromatic heterocycles. The number of hydrogen-bond acceptors (Lipinski definition) is 7. The van der Waals surface area contributed by atoms with E-state index < -0.39 is 12.0 Å². The minimum Gasteiger partial charge on any atom is -0.495 e. The maximum atomic E-state index is 12.8. The van der Waals surface area contributed by atoms with Crippen LogP contribution < -0.4 is 15.8 Å². The van der Waals surface area contributed by atoms with E-state index in [-0.39, 0.29) is 18.0 Å². The van der Waals surface area contributed by atoms with Crippen molar-refractivity contribution in [1.29, 1.82) is 0 Å². The second-order valence-corrected chi connectivity index (χ2v) is 7.07. The third-order valence-corrected chi connectivity index (χ3v) is 5.16. The maximum absolute atomic E-state index is 12.8. The summed E-state index contributed by atoms with van der Waals surface area (Å²) in [6.07, 6.45) is 0. The minimum absolute atomic E-state index is 0.0768. The van der Waals surface area contributed by atoms with Crippen molar-refractivity contribution in [2.24, 2.45) is 0 Å². The summed E-state index contributed by atoms with van der Waals surface area (Å²) < 4.78 is 11.3. The predicted octanol–water partition coefficient (Wildman–Crippen LogP) is 4.02. The molecular formula is C21H22N4O4S. The molecule has 0 unspecified atom stereocenters. The highest BCUT2D eigenvalue weighted by Gasteiger charge is 2.26. The van der Waals surface area contributed by atoms with E-state index in [0.29, 0.717) is 22.2 Å². The van der Waals surface area contributed by atoms with Gasteiger partial charge in [-0.25, -0.2) is 9.59 Å². The lowest BCUT2D eigenvalue weighted by molar-refractivity contribution is 0.0523. The van der Waals surface area contributed by atoms with Crippen LogP contribution in [0.4, 0.5) is 16.3 Å². The number of anilines is 2. The summed E-state index contributed by atoms with van der Waals surface area (Å²) in [4.78, 5) is 25.3. The summed E-state index contributed by atoms with van der Waals surface area (Å²) in [6, 6.07) is 16.0. The van der Waals surface area contributed by atoms with E-state index >= 15 is 0 Å². The highest BCUT2D eigenvalue weighted by Crippen LogP contribution is 2.30. The number of esters is 1. The molecule has 3 rings (SSSR count). The Morgan fingerprint density at radius 3 is 2.53 bits per heavy atom. The van der Waals surface area contributed by atoms with Crippen molar-refractivity contribution in [3.8, 4) is 5.75 Å². The molecule has 0 aliphatic carbocycles. The number of nitrogen functional groups attached to an aromatic ring is 1. The van der Waals surface area contributed by atoms with Gasteiger partial charge in [-0.05, 0) is 24.6 Å². The second-order valence-electron chi connectivity index (χ2n) is 6.10. The molecular weight excluding hydrogens is 404 g/mol. The highest BCUT2D eigenvalue weighted by atomic mass is 32.2. The number of aromatic nitrogens is 2. The van der Waals surface area contributed by atoms with Gasteiger partial charge < -0.3 is 20.5 Å². The molecule has 0 aliphatic heterocycles. The number of hydrogen-bond donors (Lipinski definition) is 2. The van der Waals surface area contributed by atoms with E-state index in [2.05, 4.69) is 10.4 Å². The lowest BCUT2D eigenvalue weighted by Crippen LogP contribution is -2.23. The molecule has 30 heavy (non-hydrogen) atoms. The fraction of sp³-hybridized carbons (Fsp3) is 0.190. The summed E-state index contributed by atoms with van der Waals surface area (Å²) in [7, 11) is 1.50. The maximum Gasteiger partial charge on any atom is 0.348 e. The standard InChI is InChI=1S/C21H22N4O4S/c1-3-29-20(26)17-18(22)25(21(27)23-15-11-7-8-12-16(15)28-2)24-19(17)30-13-14-9-5-4-6-10-14/h4-12H,3,13,22H2,1-2H3,(H,23,27). The molecule has 0 radical (unpaired) electrons. The molecule has 0 aliphatic rings. The number of rotatable bonds is 7. The molecule has 0 atom stereocenters. The SMILES string of the molecule is CCOC(=O)c1c(SCc2ccccc2)nn(C(=O)Nc2ccccc2OC)c1N. The third-order valence-electron chi connectivity index (χ3n) is 4.13. The zero-order chi connectivity index (χ0) is 21.5. The second kappa shape index (κ2) is 9.84. The van der Waals surface area contributed by atoms with Gasteiger partial charge in [-0.1, -0.05) is 54.2 Å².